The van der Waals surface area contributed by atoms with Crippen molar-refractivity contribution < 1.29 is 14.6 Å². The van der Waals surface area contributed by atoms with E-state index < -0.39 is 5.97 Å². The van der Waals surface area contributed by atoms with Gasteiger partial charge in [0.15, 0.2) is 7.28 Å². The summed E-state index contributed by atoms with van der Waals surface area (Å²) in [7, 11) is 0.862. The summed E-state index contributed by atoms with van der Waals surface area (Å²) in [6, 6.07) is 2.86. The molecule has 84 valence electrons. The van der Waals surface area contributed by atoms with E-state index in [9.17, 15) is 4.79 Å². The molecule has 3 nitrogen and oxygen atoms in total. The van der Waals surface area contributed by atoms with E-state index in [1.807, 2.05) is 0 Å². The molecule has 1 aliphatic rings. The summed E-state index contributed by atoms with van der Waals surface area (Å²) in [6.07, 6.45) is 0.964. The van der Waals surface area contributed by atoms with Crippen molar-refractivity contribution in [3.05, 3.63) is 33.3 Å². The predicted octanol–water partition coefficient (Wildman–Crippen LogP) is 2.58. The summed E-state index contributed by atoms with van der Waals surface area (Å²) in [6.45, 7) is 0.687. The van der Waals surface area contributed by atoms with Crippen LogP contribution in [0.5, 0.6) is 0 Å². The van der Waals surface area contributed by atoms with E-state index in [4.69, 9.17) is 33.0 Å². The van der Waals surface area contributed by atoms with Crippen LogP contribution in [0.1, 0.15) is 21.9 Å². The number of carboxylic acids is 1. The number of hydrogen-bond acceptors (Lipinski definition) is 2. The highest BCUT2D eigenvalue weighted by Gasteiger charge is 2.24. The van der Waals surface area contributed by atoms with E-state index in [-0.39, 0.29) is 16.6 Å². The van der Waals surface area contributed by atoms with Crippen molar-refractivity contribution in [2.75, 3.05) is 6.61 Å². The first-order chi connectivity index (χ1) is 7.59. The zero-order chi connectivity index (χ0) is 11.7. The summed E-state index contributed by atoms with van der Waals surface area (Å²) in [5.41, 5.74) is 0.775. The minimum atomic E-state index is -1.05. The Morgan fingerprint density at radius 1 is 1.44 bits per heavy atom. The number of ether oxygens (including phenoxy) is 1. The van der Waals surface area contributed by atoms with E-state index in [0.29, 0.717) is 17.2 Å². The molecule has 1 aliphatic heterocycles. The topological polar surface area (TPSA) is 46.5 Å². The second-order valence-corrected chi connectivity index (χ2v) is 4.47. The van der Waals surface area contributed by atoms with Crippen LogP contribution in [-0.2, 0) is 4.74 Å². The molecule has 0 amide bonds. The fourth-order valence-electron chi connectivity index (χ4n) is 1.80. The smallest absolute Gasteiger partial charge is 0.337 e. The van der Waals surface area contributed by atoms with Gasteiger partial charge in [0.1, 0.15) is 0 Å². The third-order valence-corrected chi connectivity index (χ3v) is 3.23. The van der Waals surface area contributed by atoms with Gasteiger partial charge in [0.2, 0.25) is 0 Å². The Morgan fingerprint density at radius 2 is 2.19 bits per heavy atom. The highest BCUT2D eigenvalue weighted by atomic mass is 35.5. The van der Waals surface area contributed by atoms with Crippen LogP contribution < -0.4 is 0 Å². The van der Waals surface area contributed by atoms with Crippen LogP contribution in [0.3, 0.4) is 0 Å². The molecule has 0 aliphatic carbocycles. The van der Waals surface area contributed by atoms with Gasteiger partial charge in [-0.2, -0.15) is 0 Å². The number of aromatic carboxylic acids is 1. The number of halogens is 2. The number of carbonyl (C=O) groups is 1. The maximum atomic E-state index is 10.9. The first-order valence-electron chi connectivity index (χ1n) is 4.93. The minimum Gasteiger partial charge on any atom is -0.478 e. The number of benzene rings is 1. The van der Waals surface area contributed by atoms with E-state index in [0.717, 1.165) is 13.6 Å². The monoisotopic (exact) mass is 258 g/mol. The van der Waals surface area contributed by atoms with E-state index >= 15 is 0 Å². The van der Waals surface area contributed by atoms with E-state index in [1.165, 1.54) is 12.1 Å². The van der Waals surface area contributed by atoms with Crippen molar-refractivity contribution in [3.8, 4) is 0 Å². The van der Waals surface area contributed by atoms with Crippen molar-refractivity contribution in [2.24, 2.45) is 0 Å². The zero-order valence-electron chi connectivity index (χ0n) is 8.37. The largest absolute Gasteiger partial charge is 0.478 e. The standard InChI is InChI=1S/C10H9BCl2O3/c12-7-4-8(13)6(10(14)15)3-5(7)9-11-1-2-16-9/h3-4,9,11H,1-2H2,(H,14,15). The molecule has 6 heteroatoms. The van der Waals surface area contributed by atoms with Gasteiger partial charge in [0.05, 0.1) is 16.6 Å². The second kappa shape index (κ2) is 4.66. The molecule has 0 radical (unpaired) electrons. The Morgan fingerprint density at radius 3 is 2.75 bits per heavy atom. The fraction of sp³-hybridized carbons (Fsp3) is 0.300. The molecule has 0 saturated carbocycles. The van der Waals surface area contributed by atoms with Gasteiger partial charge in [-0.15, -0.1) is 0 Å². The average molecular weight is 259 g/mol. The fourth-order valence-corrected chi connectivity index (χ4v) is 2.39. The first-order valence-corrected chi connectivity index (χ1v) is 5.69. The molecule has 0 spiro atoms. The van der Waals surface area contributed by atoms with Crippen LogP contribution in [0.2, 0.25) is 16.4 Å². The van der Waals surface area contributed by atoms with Crippen molar-refractivity contribution in [3.63, 3.8) is 0 Å². The van der Waals surface area contributed by atoms with Gasteiger partial charge >= 0.3 is 5.97 Å². The van der Waals surface area contributed by atoms with E-state index in [2.05, 4.69) is 0 Å². The van der Waals surface area contributed by atoms with Gasteiger partial charge in [0, 0.05) is 11.6 Å². The number of hydrogen-bond donors (Lipinski definition) is 1. The van der Waals surface area contributed by atoms with Gasteiger partial charge < -0.3 is 9.84 Å². The Labute approximate surface area is 104 Å². The molecule has 0 aromatic heterocycles. The highest BCUT2D eigenvalue weighted by molar-refractivity contribution is 6.40. The molecule has 1 heterocycles. The molecular formula is C10H9BCl2O3. The molecule has 1 saturated heterocycles. The molecule has 0 bridgehead atoms. The molecule has 1 fully saturated rings. The van der Waals surface area contributed by atoms with Crippen LogP contribution in [-0.4, -0.2) is 25.0 Å². The van der Waals surface area contributed by atoms with Crippen LogP contribution >= 0.6 is 23.2 Å². The van der Waals surface area contributed by atoms with Crippen LogP contribution in [0.15, 0.2) is 12.1 Å². The minimum absolute atomic E-state index is 0.0663. The molecule has 1 aromatic carbocycles. The summed E-state index contributed by atoms with van der Waals surface area (Å²) >= 11 is 11.8. The molecule has 1 aromatic rings. The van der Waals surface area contributed by atoms with Gasteiger partial charge in [-0.1, -0.05) is 29.5 Å². The van der Waals surface area contributed by atoms with Crippen molar-refractivity contribution in [1.29, 1.82) is 0 Å². The third kappa shape index (κ3) is 2.19. The van der Waals surface area contributed by atoms with Crippen LogP contribution in [0.25, 0.3) is 0 Å². The molecular weight excluding hydrogens is 250 g/mol. The zero-order valence-corrected chi connectivity index (χ0v) is 9.88. The Bertz CT molecular complexity index is 430. The number of carboxylic acid groups (broad SMARTS) is 1. The molecule has 1 atom stereocenters. The maximum absolute atomic E-state index is 10.9. The number of rotatable bonds is 2. The van der Waals surface area contributed by atoms with Gasteiger partial charge in [0.25, 0.3) is 0 Å². The molecule has 16 heavy (non-hydrogen) atoms. The Balaban J connectivity index is 2.44. The lowest BCUT2D eigenvalue weighted by molar-refractivity contribution is 0.0696. The summed E-state index contributed by atoms with van der Waals surface area (Å²) in [5, 5.41) is 9.57. The summed E-state index contributed by atoms with van der Waals surface area (Å²) in [4.78, 5) is 10.9. The first kappa shape index (κ1) is 11.8. The van der Waals surface area contributed by atoms with Crippen molar-refractivity contribution in [2.45, 2.75) is 12.3 Å². The van der Waals surface area contributed by atoms with Crippen LogP contribution in [0.4, 0.5) is 0 Å². The van der Waals surface area contributed by atoms with Crippen LogP contribution in [0, 0.1) is 0 Å². The van der Waals surface area contributed by atoms with Gasteiger partial charge in [-0.3, -0.25) is 0 Å². The third-order valence-electron chi connectivity index (χ3n) is 2.59. The molecule has 2 rings (SSSR count). The predicted molar refractivity (Wildman–Crippen MR) is 64.1 cm³/mol. The average Bonchev–Trinajstić information content (AvgIpc) is 2.70. The maximum Gasteiger partial charge on any atom is 0.337 e. The lowest BCUT2D eigenvalue weighted by Crippen LogP contribution is -2.06. The van der Waals surface area contributed by atoms with E-state index in [1.54, 1.807) is 0 Å². The SMILES string of the molecule is O=C(O)c1cc(C2BCCO2)c(Cl)cc1Cl. The molecule has 1 N–H and O–H groups in total. The Kier molecular flexibility index (Phi) is 3.43. The highest BCUT2D eigenvalue weighted by Crippen LogP contribution is 2.33. The quantitative estimate of drug-likeness (QED) is 0.830. The Hall–Kier alpha value is -0.705. The normalized spacial score (nSPS) is 19.5. The van der Waals surface area contributed by atoms with Gasteiger partial charge in [-0.05, 0) is 17.7 Å². The summed E-state index contributed by atoms with van der Waals surface area (Å²) < 4.78 is 5.47. The van der Waals surface area contributed by atoms with Gasteiger partial charge in [-0.25, -0.2) is 4.79 Å². The molecule has 1 unspecified atom stereocenters. The summed E-state index contributed by atoms with van der Waals surface area (Å²) in [5.74, 6) is -1.05. The lowest BCUT2D eigenvalue weighted by Gasteiger charge is -2.13. The van der Waals surface area contributed by atoms with Crippen molar-refractivity contribution in [1.82, 2.24) is 0 Å². The second-order valence-electron chi connectivity index (χ2n) is 3.66. The lowest BCUT2D eigenvalue weighted by atomic mass is 9.68. The van der Waals surface area contributed by atoms with Crippen molar-refractivity contribution >= 4 is 36.5 Å².